The van der Waals surface area contributed by atoms with Crippen molar-refractivity contribution in [3.8, 4) is 0 Å². The number of imide groups is 1. The average Bonchev–Trinajstić information content (AvgIpc) is 3.65. The average molecular weight is 528 g/mol. The van der Waals surface area contributed by atoms with Gasteiger partial charge < -0.3 is 4.90 Å². The monoisotopic (exact) mass is 527 g/mol. The largest absolute Gasteiger partial charge is 0.446 e. The van der Waals surface area contributed by atoms with E-state index < -0.39 is 23.0 Å². The summed E-state index contributed by atoms with van der Waals surface area (Å²) in [5.74, 6) is -0.769. The minimum absolute atomic E-state index is 0.0432. The molecule has 37 heavy (non-hydrogen) atoms. The van der Waals surface area contributed by atoms with Gasteiger partial charge in [0.25, 0.3) is 11.8 Å². The summed E-state index contributed by atoms with van der Waals surface area (Å²) in [5, 5.41) is 0. The van der Waals surface area contributed by atoms with Crippen molar-refractivity contribution in [1.29, 1.82) is 0 Å². The number of hydrazine groups is 1. The van der Waals surface area contributed by atoms with E-state index in [-0.39, 0.29) is 34.8 Å². The van der Waals surface area contributed by atoms with Gasteiger partial charge in [-0.2, -0.15) is 13.2 Å². The first-order valence-electron chi connectivity index (χ1n) is 11.2. The number of urea groups is 1. The van der Waals surface area contributed by atoms with Gasteiger partial charge >= 0.3 is 11.5 Å². The summed E-state index contributed by atoms with van der Waals surface area (Å²) in [7, 11) is 0. The van der Waals surface area contributed by atoms with Crippen LogP contribution in [0.1, 0.15) is 28.8 Å². The van der Waals surface area contributed by atoms with Crippen molar-refractivity contribution >= 4 is 41.0 Å². The molecule has 1 saturated heterocycles. The Balaban J connectivity index is 1.33. The van der Waals surface area contributed by atoms with Crippen LogP contribution in [0.25, 0.3) is 0 Å². The lowest BCUT2D eigenvalue weighted by Gasteiger charge is -2.23. The van der Waals surface area contributed by atoms with Gasteiger partial charge in [-0.15, -0.1) is 0 Å². The smallest absolute Gasteiger partial charge is 0.305 e. The van der Waals surface area contributed by atoms with Gasteiger partial charge in [0, 0.05) is 16.7 Å². The Bertz CT molecular complexity index is 1350. The SMILES string of the molecule is O=C(NNc1cnccc1CN1C(=O)N(c2ccc(SC(F)(F)F)cc2)C(=O)C12CC2)c1ccccc1. The lowest BCUT2D eigenvalue weighted by Crippen LogP contribution is -2.37. The number of pyridine rings is 1. The van der Waals surface area contributed by atoms with Gasteiger partial charge in [-0.1, -0.05) is 18.2 Å². The zero-order chi connectivity index (χ0) is 26.2. The third-order valence-corrected chi connectivity index (χ3v) is 6.92. The number of nitrogens with zero attached hydrogens (tertiary/aromatic N) is 3. The summed E-state index contributed by atoms with van der Waals surface area (Å²) < 4.78 is 38.0. The number of thioether (sulfide) groups is 1. The number of rotatable bonds is 7. The molecule has 2 aliphatic rings. The first-order chi connectivity index (χ1) is 17.7. The first-order valence-corrected chi connectivity index (χ1v) is 12.1. The highest BCUT2D eigenvalue weighted by Crippen LogP contribution is 2.50. The van der Waals surface area contributed by atoms with Crippen LogP contribution in [0.15, 0.2) is 78.0 Å². The molecular weight excluding hydrogens is 507 g/mol. The van der Waals surface area contributed by atoms with Gasteiger partial charge in [-0.25, -0.2) is 9.69 Å². The Morgan fingerprint density at radius 2 is 1.73 bits per heavy atom. The fourth-order valence-electron chi connectivity index (χ4n) is 4.19. The van der Waals surface area contributed by atoms with E-state index in [1.165, 1.54) is 41.6 Å². The number of nitrogens with one attached hydrogen (secondary N) is 2. The van der Waals surface area contributed by atoms with Crippen molar-refractivity contribution in [2.45, 2.75) is 35.3 Å². The highest BCUT2D eigenvalue weighted by molar-refractivity contribution is 8.00. The number of benzene rings is 2. The molecule has 8 nitrogen and oxygen atoms in total. The number of anilines is 2. The Kier molecular flexibility index (Phi) is 6.28. The van der Waals surface area contributed by atoms with Gasteiger partial charge in [0.15, 0.2) is 0 Å². The first kappa shape index (κ1) is 24.6. The predicted octanol–water partition coefficient (Wildman–Crippen LogP) is 4.95. The van der Waals surface area contributed by atoms with Gasteiger partial charge in [0.2, 0.25) is 0 Å². The van der Waals surface area contributed by atoms with Gasteiger partial charge in [0.05, 0.1) is 24.1 Å². The maximum Gasteiger partial charge on any atom is 0.446 e. The molecule has 0 atom stereocenters. The molecule has 190 valence electrons. The molecule has 2 aromatic carbocycles. The summed E-state index contributed by atoms with van der Waals surface area (Å²) >= 11 is -0.267. The molecule has 5 rings (SSSR count). The standard InChI is InChI=1S/C25H20F3N5O3S/c26-25(27,28)37-19-8-6-18(7-9-19)33-22(35)24(11-12-24)32(23(33)36)15-17-10-13-29-14-20(17)30-31-21(34)16-4-2-1-3-5-16/h1-10,13-14,30H,11-12,15H2,(H,31,34). The quantitative estimate of drug-likeness (QED) is 0.257. The number of hydrogen-bond acceptors (Lipinski definition) is 6. The van der Waals surface area contributed by atoms with Crippen molar-refractivity contribution in [3.63, 3.8) is 0 Å². The maximum atomic E-state index is 13.4. The van der Waals surface area contributed by atoms with E-state index in [1.54, 1.807) is 36.4 Å². The fourth-order valence-corrected chi connectivity index (χ4v) is 4.73. The Morgan fingerprint density at radius 1 is 1.03 bits per heavy atom. The summed E-state index contributed by atoms with van der Waals surface area (Å²) in [5.41, 5.74) is 1.73. The minimum atomic E-state index is -4.44. The summed E-state index contributed by atoms with van der Waals surface area (Å²) in [6, 6.07) is 14.9. The van der Waals surface area contributed by atoms with Crippen LogP contribution < -0.4 is 15.8 Å². The zero-order valence-electron chi connectivity index (χ0n) is 19.2. The molecule has 2 N–H and O–H groups in total. The van der Waals surface area contributed by atoms with E-state index in [9.17, 15) is 27.6 Å². The van der Waals surface area contributed by atoms with Crippen LogP contribution in [0.3, 0.4) is 0 Å². The normalized spacial score (nSPS) is 16.3. The Morgan fingerprint density at radius 3 is 2.38 bits per heavy atom. The van der Waals surface area contributed by atoms with Crippen LogP contribution in [0.5, 0.6) is 0 Å². The molecule has 2 fully saturated rings. The van der Waals surface area contributed by atoms with Crippen molar-refractivity contribution in [2.24, 2.45) is 0 Å². The molecule has 0 bridgehead atoms. The lowest BCUT2D eigenvalue weighted by atomic mass is 10.1. The van der Waals surface area contributed by atoms with Crippen molar-refractivity contribution in [3.05, 3.63) is 84.2 Å². The highest BCUT2D eigenvalue weighted by atomic mass is 32.2. The molecule has 3 aromatic rings. The van der Waals surface area contributed by atoms with E-state index in [4.69, 9.17) is 0 Å². The number of amides is 4. The van der Waals surface area contributed by atoms with E-state index in [0.717, 1.165) is 4.90 Å². The topological polar surface area (TPSA) is 94.6 Å². The van der Waals surface area contributed by atoms with Crippen molar-refractivity contribution < 1.29 is 27.6 Å². The molecule has 1 spiro atoms. The Labute approximate surface area is 213 Å². The van der Waals surface area contributed by atoms with Crippen LogP contribution >= 0.6 is 11.8 Å². The van der Waals surface area contributed by atoms with Crippen LogP contribution in [0, 0.1) is 0 Å². The summed E-state index contributed by atoms with van der Waals surface area (Å²) in [4.78, 5) is 45.6. The second-order valence-electron chi connectivity index (χ2n) is 8.56. The van der Waals surface area contributed by atoms with Gasteiger partial charge in [-0.05, 0) is 72.6 Å². The van der Waals surface area contributed by atoms with E-state index >= 15 is 0 Å². The molecule has 4 amide bonds. The fraction of sp³-hybridized carbons (Fsp3) is 0.200. The van der Waals surface area contributed by atoms with Crippen LogP contribution in [-0.4, -0.2) is 38.8 Å². The number of aromatic nitrogens is 1. The summed E-state index contributed by atoms with van der Waals surface area (Å²) in [6.45, 7) is 0.0646. The summed E-state index contributed by atoms with van der Waals surface area (Å²) in [6.07, 6.45) is 4.00. The number of carbonyl (C=O) groups excluding carboxylic acids is 3. The number of halogens is 3. The van der Waals surface area contributed by atoms with Crippen molar-refractivity contribution in [2.75, 3.05) is 10.3 Å². The molecule has 1 aliphatic heterocycles. The molecule has 12 heteroatoms. The van der Waals surface area contributed by atoms with E-state index in [2.05, 4.69) is 15.8 Å². The highest BCUT2D eigenvalue weighted by Gasteiger charge is 2.65. The molecule has 0 unspecified atom stereocenters. The molecule has 1 aliphatic carbocycles. The molecule has 0 radical (unpaired) electrons. The van der Waals surface area contributed by atoms with Crippen LogP contribution in [-0.2, 0) is 11.3 Å². The molecule has 1 aromatic heterocycles. The van der Waals surface area contributed by atoms with Gasteiger partial charge in [0.1, 0.15) is 5.54 Å². The Hall–Kier alpha value is -4.06. The second-order valence-corrected chi connectivity index (χ2v) is 9.70. The van der Waals surface area contributed by atoms with Crippen LogP contribution in [0.2, 0.25) is 0 Å². The van der Waals surface area contributed by atoms with Crippen LogP contribution in [0.4, 0.5) is 29.3 Å². The molecular formula is C25H20F3N5O3S. The lowest BCUT2D eigenvalue weighted by molar-refractivity contribution is -0.120. The van der Waals surface area contributed by atoms with E-state index in [1.807, 2.05) is 0 Å². The third-order valence-electron chi connectivity index (χ3n) is 6.18. The van der Waals surface area contributed by atoms with E-state index in [0.29, 0.717) is 29.7 Å². The van der Waals surface area contributed by atoms with Crippen molar-refractivity contribution in [1.82, 2.24) is 15.3 Å². The minimum Gasteiger partial charge on any atom is -0.305 e. The number of alkyl halides is 3. The molecule has 1 saturated carbocycles. The van der Waals surface area contributed by atoms with Gasteiger partial charge in [-0.3, -0.25) is 25.4 Å². The third kappa shape index (κ3) is 4.96. The second kappa shape index (κ2) is 9.43. The molecule has 2 heterocycles. The number of hydrogen-bond donors (Lipinski definition) is 2. The zero-order valence-corrected chi connectivity index (χ0v) is 20.0. The predicted molar refractivity (Wildman–Crippen MR) is 131 cm³/mol. The maximum absolute atomic E-state index is 13.4. The number of carbonyl (C=O) groups is 3.